The molecule has 2 heterocycles. The minimum atomic E-state index is -0.313. The van der Waals surface area contributed by atoms with Crippen molar-refractivity contribution in [3.8, 4) is 5.75 Å². The van der Waals surface area contributed by atoms with Crippen LogP contribution >= 0.6 is 0 Å². The van der Waals surface area contributed by atoms with Crippen LogP contribution in [0.15, 0.2) is 72.8 Å². The Morgan fingerprint density at radius 3 is 2.43 bits per heavy atom. The molecule has 0 aliphatic carbocycles. The first-order chi connectivity index (χ1) is 16.8. The maximum Gasteiger partial charge on any atom is 0.227 e. The van der Waals surface area contributed by atoms with Gasteiger partial charge in [-0.1, -0.05) is 45.0 Å². The topological polar surface area (TPSA) is 47.4 Å². The normalized spacial score (nSPS) is 16.3. The number of imidazole rings is 1. The first kappa shape index (κ1) is 23.1. The van der Waals surface area contributed by atoms with Crippen molar-refractivity contribution in [3.05, 3.63) is 90.0 Å². The van der Waals surface area contributed by atoms with Crippen molar-refractivity contribution in [2.75, 3.05) is 18.1 Å². The Morgan fingerprint density at radius 1 is 1.00 bits per heavy atom. The van der Waals surface area contributed by atoms with Gasteiger partial charge in [-0.05, 0) is 59.5 Å². The van der Waals surface area contributed by atoms with Crippen molar-refractivity contribution < 1.29 is 13.9 Å². The molecule has 1 saturated heterocycles. The van der Waals surface area contributed by atoms with Crippen LogP contribution in [0.25, 0.3) is 11.0 Å². The number of para-hydroxylation sites is 2. The molecule has 0 radical (unpaired) electrons. The number of halogens is 1. The summed E-state index contributed by atoms with van der Waals surface area (Å²) in [5.74, 6) is 1.38. The molecule has 1 amide bonds. The molecule has 0 saturated carbocycles. The molecule has 180 valence electrons. The van der Waals surface area contributed by atoms with Crippen molar-refractivity contribution in [3.63, 3.8) is 0 Å². The van der Waals surface area contributed by atoms with Gasteiger partial charge in [0.1, 0.15) is 24.0 Å². The van der Waals surface area contributed by atoms with Crippen LogP contribution in [0.2, 0.25) is 0 Å². The van der Waals surface area contributed by atoms with E-state index in [1.165, 1.54) is 17.7 Å². The number of hydrogen-bond acceptors (Lipinski definition) is 3. The zero-order valence-corrected chi connectivity index (χ0v) is 20.4. The quantitative estimate of drug-likeness (QED) is 0.343. The van der Waals surface area contributed by atoms with Crippen LogP contribution in [0.4, 0.5) is 10.1 Å². The number of ether oxygens (including phenoxy) is 1. The molecule has 0 bridgehead atoms. The Morgan fingerprint density at radius 2 is 1.71 bits per heavy atom. The second-order valence-electron chi connectivity index (χ2n) is 10.1. The van der Waals surface area contributed by atoms with Gasteiger partial charge in [0.15, 0.2) is 0 Å². The fraction of sp³-hybridized carbons (Fsp3) is 0.310. The maximum absolute atomic E-state index is 13.4. The molecule has 5 nitrogen and oxygen atoms in total. The molecule has 1 aliphatic heterocycles. The summed E-state index contributed by atoms with van der Waals surface area (Å²) in [7, 11) is 0. The monoisotopic (exact) mass is 471 g/mol. The highest BCUT2D eigenvalue weighted by Gasteiger charge is 2.34. The maximum atomic E-state index is 13.4. The van der Waals surface area contributed by atoms with Crippen molar-refractivity contribution in [1.29, 1.82) is 0 Å². The van der Waals surface area contributed by atoms with Crippen molar-refractivity contribution in [2.45, 2.75) is 45.1 Å². The van der Waals surface area contributed by atoms with Gasteiger partial charge < -0.3 is 14.2 Å². The van der Waals surface area contributed by atoms with Crippen LogP contribution in [0, 0.1) is 5.82 Å². The first-order valence-corrected chi connectivity index (χ1v) is 12.0. The highest BCUT2D eigenvalue weighted by Crippen LogP contribution is 2.33. The van der Waals surface area contributed by atoms with Crippen LogP contribution in [0.5, 0.6) is 5.75 Å². The summed E-state index contributed by atoms with van der Waals surface area (Å²) < 4.78 is 21.6. The minimum Gasteiger partial charge on any atom is -0.492 e. The number of hydrogen-bond donors (Lipinski definition) is 0. The second kappa shape index (κ2) is 9.17. The van der Waals surface area contributed by atoms with E-state index in [-0.39, 0.29) is 23.1 Å². The minimum absolute atomic E-state index is 0.0235. The number of rotatable bonds is 6. The van der Waals surface area contributed by atoms with E-state index < -0.39 is 0 Å². The second-order valence-corrected chi connectivity index (χ2v) is 10.1. The van der Waals surface area contributed by atoms with Gasteiger partial charge in [0.25, 0.3) is 0 Å². The molecule has 0 N–H and O–H groups in total. The zero-order chi connectivity index (χ0) is 24.6. The van der Waals surface area contributed by atoms with Gasteiger partial charge in [-0.3, -0.25) is 4.79 Å². The highest BCUT2D eigenvalue weighted by atomic mass is 19.1. The Hall–Kier alpha value is -3.67. The summed E-state index contributed by atoms with van der Waals surface area (Å²) in [6.07, 6.45) is 0.371. The van der Waals surface area contributed by atoms with Gasteiger partial charge in [0.05, 0.1) is 17.6 Å². The summed E-state index contributed by atoms with van der Waals surface area (Å²) in [5, 5.41) is 0. The first-order valence-electron chi connectivity index (χ1n) is 12.0. The molecule has 5 rings (SSSR count). The Balaban J connectivity index is 1.35. The number of carbonyl (C=O) groups excluding carboxylic acids is 1. The molecule has 3 aromatic carbocycles. The third kappa shape index (κ3) is 4.78. The smallest absolute Gasteiger partial charge is 0.227 e. The average molecular weight is 472 g/mol. The average Bonchev–Trinajstić information content (AvgIpc) is 3.40. The van der Waals surface area contributed by atoms with E-state index in [1.54, 1.807) is 17.0 Å². The molecule has 0 spiro atoms. The Bertz CT molecular complexity index is 1340. The van der Waals surface area contributed by atoms with Crippen LogP contribution < -0.4 is 9.64 Å². The van der Waals surface area contributed by atoms with E-state index in [4.69, 9.17) is 9.72 Å². The standard InChI is InChI=1S/C29H30FN3O2/c1-29(2,3)21-8-14-24(15-9-21)35-17-16-32-26-7-5-4-6-25(26)31-28(32)20-18-27(34)33(19-20)23-12-10-22(30)11-13-23/h4-15,20H,16-19H2,1-3H3/t20-/m1/s1. The number of fused-ring (bicyclic) bond motifs is 1. The zero-order valence-electron chi connectivity index (χ0n) is 20.4. The summed E-state index contributed by atoms with van der Waals surface area (Å²) in [5.41, 5.74) is 4.02. The number of benzene rings is 3. The molecule has 35 heavy (non-hydrogen) atoms. The van der Waals surface area contributed by atoms with Gasteiger partial charge in [0, 0.05) is 24.6 Å². The molecular formula is C29H30FN3O2. The van der Waals surface area contributed by atoms with Crippen molar-refractivity contribution in [1.82, 2.24) is 9.55 Å². The lowest BCUT2D eigenvalue weighted by molar-refractivity contribution is -0.117. The van der Waals surface area contributed by atoms with E-state index in [1.807, 2.05) is 30.3 Å². The third-order valence-electron chi connectivity index (χ3n) is 6.62. The fourth-order valence-corrected chi connectivity index (χ4v) is 4.70. The van der Waals surface area contributed by atoms with E-state index >= 15 is 0 Å². The summed E-state index contributed by atoms with van der Waals surface area (Å²) in [6, 6.07) is 22.4. The lowest BCUT2D eigenvalue weighted by Crippen LogP contribution is -2.24. The third-order valence-corrected chi connectivity index (χ3v) is 6.62. The molecule has 1 fully saturated rings. The van der Waals surface area contributed by atoms with E-state index in [9.17, 15) is 9.18 Å². The predicted molar refractivity (Wildman–Crippen MR) is 136 cm³/mol. The fourth-order valence-electron chi connectivity index (χ4n) is 4.70. The molecule has 1 atom stereocenters. The summed E-state index contributed by atoms with van der Waals surface area (Å²) in [4.78, 5) is 19.5. The molecule has 6 heteroatoms. The van der Waals surface area contributed by atoms with E-state index in [2.05, 4.69) is 43.5 Å². The lowest BCUT2D eigenvalue weighted by Gasteiger charge is -2.19. The number of amides is 1. The van der Waals surface area contributed by atoms with E-state index in [0.29, 0.717) is 31.8 Å². The number of anilines is 1. The predicted octanol–water partition coefficient (Wildman–Crippen LogP) is 6.07. The largest absolute Gasteiger partial charge is 0.492 e. The number of carbonyl (C=O) groups is 1. The summed E-state index contributed by atoms with van der Waals surface area (Å²) >= 11 is 0. The van der Waals surface area contributed by atoms with Crippen LogP contribution in [0.1, 0.15) is 44.5 Å². The molecule has 0 unspecified atom stereocenters. The molecule has 1 aromatic heterocycles. The van der Waals surface area contributed by atoms with Gasteiger partial charge >= 0.3 is 0 Å². The number of aromatic nitrogens is 2. The van der Waals surface area contributed by atoms with Crippen LogP contribution in [-0.2, 0) is 16.8 Å². The van der Waals surface area contributed by atoms with Crippen molar-refractivity contribution in [2.24, 2.45) is 0 Å². The SMILES string of the molecule is CC(C)(C)c1ccc(OCCn2c([C@@H]3CC(=O)N(c4ccc(F)cc4)C3)nc3ccccc32)cc1. The molecular weight excluding hydrogens is 441 g/mol. The van der Waals surface area contributed by atoms with Gasteiger partial charge in [-0.2, -0.15) is 0 Å². The Labute approximate surface area is 205 Å². The van der Waals surface area contributed by atoms with Crippen LogP contribution in [0.3, 0.4) is 0 Å². The lowest BCUT2D eigenvalue weighted by atomic mass is 9.87. The van der Waals surface area contributed by atoms with Crippen molar-refractivity contribution >= 4 is 22.6 Å². The molecule has 1 aliphatic rings. The highest BCUT2D eigenvalue weighted by molar-refractivity contribution is 5.96. The van der Waals surface area contributed by atoms with Gasteiger partial charge in [-0.25, -0.2) is 9.37 Å². The van der Waals surface area contributed by atoms with Gasteiger partial charge in [-0.15, -0.1) is 0 Å². The number of nitrogens with zero attached hydrogens (tertiary/aromatic N) is 3. The van der Waals surface area contributed by atoms with Crippen LogP contribution in [-0.4, -0.2) is 28.6 Å². The van der Waals surface area contributed by atoms with Gasteiger partial charge in [0.2, 0.25) is 5.91 Å². The Kier molecular flexibility index (Phi) is 6.05. The van der Waals surface area contributed by atoms with E-state index in [0.717, 1.165) is 22.6 Å². The molecule has 4 aromatic rings. The summed E-state index contributed by atoms with van der Waals surface area (Å²) in [6.45, 7) is 8.21.